The summed E-state index contributed by atoms with van der Waals surface area (Å²) in [7, 11) is 2.74. The van der Waals surface area contributed by atoms with Crippen LogP contribution in [0.1, 0.15) is 5.56 Å². The van der Waals surface area contributed by atoms with Gasteiger partial charge < -0.3 is 9.47 Å². The molecule has 0 bridgehead atoms. The Labute approximate surface area is 109 Å². The van der Waals surface area contributed by atoms with Gasteiger partial charge in [-0.3, -0.25) is 10.1 Å². The third-order valence-electron chi connectivity index (χ3n) is 2.27. The molecular formula is C12H9N3O4. The molecule has 7 nitrogen and oxygen atoms in total. The van der Waals surface area contributed by atoms with Gasteiger partial charge in [0, 0.05) is 0 Å². The number of benzene rings is 1. The maximum absolute atomic E-state index is 11.0. The molecule has 96 valence electrons. The van der Waals surface area contributed by atoms with Crippen molar-refractivity contribution in [1.29, 1.82) is 10.5 Å². The second-order valence-electron chi connectivity index (χ2n) is 3.30. The van der Waals surface area contributed by atoms with Crippen molar-refractivity contribution in [3.63, 3.8) is 0 Å². The van der Waals surface area contributed by atoms with Crippen LogP contribution < -0.4 is 9.47 Å². The number of methoxy groups -OCH3 is 2. The summed E-state index contributed by atoms with van der Waals surface area (Å²) in [5, 5.41) is 28.3. The molecule has 0 saturated heterocycles. The van der Waals surface area contributed by atoms with Gasteiger partial charge in [0.05, 0.1) is 30.8 Å². The van der Waals surface area contributed by atoms with Gasteiger partial charge in [-0.15, -0.1) is 0 Å². The summed E-state index contributed by atoms with van der Waals surface area (Å²) < 4.78 is 9.98. The van der Waals surface area contributed by atoms with Crippen LogP contribution in [0.4, 0.5) is 5.69 Å². The van der Waals surface area contributed by atoms with Gasteiger partial charge in [0.15, 0.2) is 11.5 Å². The summed E-state index contributed by atoms with van der Waals surface area (Å²) in [6.45, 7) is 0. The Bertz CT molecular complexity index is 607. The maximum Gasteiger partial charge on any atom is 0.280 e. The second-order valence-corrected chi connectivity index (χ2v) is 3.30. The molecule has 1 rings (SSSR count). The van der Waals surface area contributed by atoms with E-state index in [4.69, 9.17) is 20.0 Å². The molecule has 0 unspecified atom stereocenters. The lowest BCUT2D eigenvalue weighted by molar-refractivity contribution is -0.385. The van der Waals surface area contributed by atoms with Crippen molar-refractivity contribution >= 4 is 11.8 Å². The Morgan fingerprint density at radius 3 is 2.21 bits per heavy atom. The normalized spacial score (nSPS) is 8.84. The highest BCUT2D eigenvalue weighted by atomic mass is 16.6. The summed E-state index contributed by atoms with van der Waals surface area (Å²) in [6.07, 6.45) is 1.13. The van der Waals surface area contributed by atoms with Crippen molar-refractivity contribution in [3.8, 4) is 23.6 Å². The highest BCUT2D eigenvalue weighted by Crippen LogP contribution is 2.35. The van der Waals surface area contributed by atoms with Gasteiger partial charge in [0.25, 0.3) is 5.69 Å². The van der Waals surface area contributed by atoms with Crippen LogP contribution in [-0.4, -0.2) is 19.1 Å². The fourth-order valence-corrected chi connectivity index (χ4v) is 1.40. The van der Waals surface area contributed by atoms with E-state index in [0.717, 1.165) is 6.08 Å². The fourth-order valence-electron chi connectivity index (χ4n) is 1.40. The van der Waals surface area contributed by atoms with E-state index in [2.05, 4.69) is 0 Å². The standard InChI is InChI=1S/C12H9N3O4/c1-18-11-4-9(3-8(6-13)7-14)10(15(16)17)5-12(11)19-2/h3-5H,1-2H3. The van der Waals surface area contributed by atoms with Gasteiger partial charge in [0.1, 0.15) is 17.7 Å². The van der Waals surface area contributed by atoms with Crippen LogP contribution in [0.25, 0.3) is 6.08 Å². The Balaban J connectivity index is 3.54. The van der Waals surface area contributed by atoms with Crippen LogP contribution in [-0.2, 0) is 0 Å². The molecule has 0 aliphatic rings. The van der Waals surface area contributed by atoms with Crippen LogP contribution in [0.5, 0.6) is 11.5 Å². The number of hydrogen-bond acceptors (Lipinski definition) is 6. The highest BCUT2D eigenvalue weighted by Gasteiger charge is 2.18. The van der Waals surface area contributed by atoms with Crippen molar-refractivity contribution < 1.29 is 14.4 Å². The van der Waals surface area contributed by atoms with Gasteiger partial charge in [-0.1, -0.05) is 0 Å². The lowest BCUT2D eigenvalue weighted by Crippen LogP contribution is -1.97. The fraction of sp³-hybridized carbons (Fsp3) is 0.167. The maximum atomic E-state index is 11.0. The minimum Gasteiger partial charge on any atom is -0.493 e. The average molecular weight is 259 g/mol. The number of nitro benzene ring substituents is 1. The van der Waals surface area contributed by atoms with Crippen LogP contribution in [0.3, 0.4) is 0 Å². The molecule has 1 aromatic carbocycles. The molecule has 19 heavy (non-hydrogen) atoms. The highest BCUT2D eigenvalue weighted by molar-refractivity contribution is 5.71. The van der Waals surface area contributed by atoms with Gasteiger partial charge in [-0.25, -0.2) is 0 Å². The number of rotatable bonds is 4. The molecule has 0 atom stereocenters. The molecule has 0 aliphatic heterocycles. The minimum atomic E-state index is -0.625. The molecule has 0 saturated carbocycles. The smallest absolute Gasteiger partial charge is 0.280 e. The minimum absolute atomic E-state index is 0.0979. The van der Waals surface area contributed by atoms with E-state index in [-0.39, 0.29) is 28.3 Å². The number of allylic oxidation sites excluding steroid dienone is 1. The monoisotopic (exact) mass is 259 g/mol. The number of hydrogen-bond donors (Lipinski definition) is 0. The zero-order valence-electron chi connectivity index (χ0n) is 10.2. The number of nitro groups is 1. The second kappa shape index (κ2) is 6.03. The van der Waals surface area contributed by atoms with Crippen molar-refractivity contribution in [1.82, 2.24) is 0 Å². The first-order valence-corrected chi connectivity index (χ1v) is 4.99. The van der Waals surface area contributed by atoms with Crippen LogP contribution in [0, 0.1) is 32.8 Å². The van der Waals surface area contributed by atoms with E-state index in [1.54, 1.807) is 12.1 Å². The Morgan fingerprint density at radius 2 is 1.79 bits per heavy atom. The summed E-state index contributed by atoms with van der Waals surface area (Å²) >= 11 is 0. The average Bonchev–Trinajstić information content (AvgIpc) is 2.43. The first-order chi connectivity index (χ1) is 9.07. The molecular weight excluding hydrogens is 250 g/mol. The topological polar surface area (TPSA) is 109 Å². The Kier molecular flexibility index (Phi) is 4.44. The van der Waals surface area contributed by atoms with Gasteiger partial charge in [0.2, 0.25) is 0 Å². The molecule has 0 radical (unpaired) electrons. The first kappa shape index (κ1) is 14.0. The summed E-state index contributed by atoms with van der Waals surface area (Å²) in [6, 6.07) is 5.79. The lowest BCUT2D eigenvalue weighted by atomic mass is 10.1. The molecule has 0 spiro atoms. The Hall–Kier alpha value is -3.06. The molecule has 0 heterocycles. The zero-order chi connectivity index (χ0) is 14.4. The number of nitrogens with zero attached hydrogens (tertiary/aromatic N) is 3. The van der Waals surface area contributed by atoms with Crippen molar-refractivity contribution in [2.75, 3.05) is 14.2 Å². The van der Waals surface area contributed by atoms with E-state index in [9.17, 15) is 10.1 Å². The van der Waals surface area contributed by atoms with E-state index in [1.807, 2.05) is 0 Å². The molecule has 0 N–H and O–H groups in total. The Morgan fingerprint density at radius 1 is 1.26 bits per heavy atom. The summed E-state index contributed by atoms with van der Waals surface area (Å²) in [5.41, 5.74) is -0.420. The predicted octanol–water partition coefficient (Wildman–Crippen LogP) is 2.04. The lowest BCUT2D eigenvalue weighted by Gasteiger charge is -2.08. The van der Waals surface area contributed by atoms with E-state index >= 15 is 0 Å². The third-order valence-corrected chi connectivity index (χ3v) is 2.27. The first-order valence-electron chi connectivity index (χ1n) is 4.99. The third kappa shape index (κ3) is 2.99. The molecule has 7 heteroatoms. The van der Waals surface area contributed by atoms with Crippen LogP contribution in [0.15, 0.2) is 17.7 Å². The van der Waals surface area contributed by atoms with Gasteiger partial charge in [-0.2, -0.15) is 10.5 Å². The molecule has 1 aromatic rings. The SMILES string of the molecule is COc1cc(C=C(C#N)C#N)c([N+](=O)[O-])cc1OC. The molecule has 0 aromatic heterocycles. The van der Waals surface area contributed by atoms with E-state index in [1.165, 1.54) is 26.4 Å². The van der Waals surface area contributed by atoms with Crippen molar-refractivity contribution in [3.05, 3.63) is 33.4 Å². The van der Waals surface area contributed by atoms with Gasteiger partial charge >= 0.3 is 0 Å². The quantitative estimate of drug-likeness (QED) is 0.465. The van der Waals surface area contributed by atoms with Crippen molar-refractivity contribution in [2.24, 2.45) is 0 Å². The molecule has 0 fully saturated rings. The predicted molar refractivity (Wildman–Crippen MR) is 65.4 cm³/mol. The van der Waals surface area contributed by atoms with E-state index in [0.29, 0.717) is 0 Å². The number of nitriles is 2. The molecule has 0 aliphatic carbocycles. The van der Waals surface area contributed by atoms with E-state index < -0.39 is 4.92 Å². The largest absolute Gasteiger partial charge is 0.493 e. The van der Waals surface area contributed by atoms with Gasteiger partial charge in [-0.05, 0) is 12.1 Å². The summed E-state index contributed by atoms with van der Waals surface area (Å²) in [4.78, 5) is 10.3. The zero-order valence-corrected chi connectivity index (χ0v) is 10.2. The van der Waals surface area contributed by atoms with Crippen LogP contribution in [0.2, 0.25) is 0 Å². The summed E-state index contributed by atoms with van der Waals surface area (Å²) in [5.74, 6) is 0.469. The molecule has 0 amide bonds. The van der Waals surface area contributed by atoms with Crippen LogP contribution >= 0.6 is 0 Å². The number of ether oxygens (including phenoxy) is 2. The van der Waals surface area contributed by atoms with Crippen molar-refractivity contribution in [2.45, 2.75) is 0 Å².